The summed E-state index contributed by atoms with van der Waals surface area (Å²) in [5.41, 5.74) is 5.03. The molecule has 0 spiro atoms. The van der Waals surface area contributed by atoms with Gasteiger partial charge in [0.2, 0.25) is 0 Å². The molecule has 4 heteroatoms. The minimum atomic E-state index is -0.722. The van der Waals surface area contributed by atoms with Crippen LogP contribution in [0.1, 0.15) is 16.7 Å². The quantitative estimate of drug-likeness (QED) is 0.710. The maximum atomic E-state index is 8.93. The summed E-state index contributed by atoms with van der Waals surface area (Å²) in [5, 5.41) is 17.5. The molecule has 1 rings (SSSR count). The fourth-order valence-corrected chi connectivity index (χ4v) is 1.64. The van der Waals surface area contributed by atoms with Crippen LogP contribution in [0.4, 0.5) is 0 Å². The van der Waals surface area contributed by atoms with Crippen LogP contribution in [0.2, 0.25) is 0 Å². The Morgan fingerprint density at radius 3 is 2.83 bits per heavy atom. The minimum absolute atomic E-state index is 0.113. The van der Waals surface area contributed by atoms with E-state index in [2.05, 4.69) is 0 Å². The molecule has 0 radical (unpaired) electrons. The van der Waals surface area contributed by atoms with Crippen LogP contribution in [-0.2, 0) is 5.54 Å². The second kappa shape index (κ2) is 3.23. The first-order valence-electron chi connectivity index (χ1n) is 3.50. The third-order valence-electron chi connectivity index (χ3n) is 1.61. The minimum Gasteiger partial charge on any atom is -0.394 e. The van der Waals surface area contributed by atoms with Crippen LogP contribution in [0.15, 0.2) is 12.1 Å². The molecule has 1 unspecified atom stereocenters. The monoisotopic (exact) mass is 182 g/mol. The van der Waals surface area contributed by atoms with E-state index in [1.165, 1.54) is 11.3 Å². The summed E-state index contributed by atoms with van der Waals surface area (Å²) >= 11 is 1.32. The molecule has 3 nitrogen and oxygen atoms in total. The molecule has 0 amide bonds. The molecule has 0 fully saturated rings. The number of hydrogen-bond acceptors (Lipinski definition) is 4. The lowest BCUT2D eigenvalue weighted by atomic mass is 10.0. The topological polar surface area (TPSA) is 70.0 Å². The van der Waals surface area contributed by atoms with E-state index in [0.29, 0.717) is 4.88 Å². The number of aliphatic hydroxyl groups excluding tert-OH is 1. The Morgan fingerprint density at radius 1 is 1.75 bits per heavy atom. The lowest BCUT2D eigenvalue weighted by Gasteiger charge is -2.19. The number of thiophene rings is 1. The van der Waals surface area contributed by atoms with Gasteiger partial charge < -0.3 is 10.8 Å². The average Bonchev–Trinajstić information content (AvgIpc) is 2.52. The van der Waals surface area contributed by atoms with E-state index in [0.717, 1.165) is 4.88 Å². The van der Waals surface area contributed by atoms with Crippen molar-refractivity contribution in [2.45, 2.75) is 12.5 Å². The summed E-state index contributed by atoms with van der Waals surface area (Å²) < 4.78 is 0. The highest BCUT2D eigenvalue weighted by Crippen LogP contribution is 2.25. The SMILES string of the molecule is CC(N)(CO)c1ccc(C#N)s1. The normalized spacial score (nSPS) is 15.2. The highest BCUT2D eigenvalue weighted by molar-refractivity contribution is 7.12. The zero-order valence-electron chi connectivity index (χ0n) is 6.74. The van der Waals surface area contributed by atoms with Gasteiger partial charge in [0.1, 0.15) is 10.9 Å². The molecule has 3 N–H and O–H groups in total. The van der Waals surface area contributed by atoms with E-state index in [1.54, 1.807) is 19.1 Å². The number of nitriles is 1. The summed E-state index contributed by atoms with van der Waals surface area (Å²) in [4.78, 5) is 1.46. The first-order valence-corrected chi connectivity index (χ1v) is 4.32. The van der Waals surface area contributed by atoms with Crippen molar-refractivity contribution in [2.75, 3.05) is 6.61 Å². The predicted octanol–water partition coefficient (Wildman–Crippen LogP) is 0.786. The van der Waals surface area contributed by atoms with Crippen LogP contribution >= 0.6 is 11.3 Å². The summed E-state index contributed by atoms with van der Waals surface area (Å²) in [5.74, 6) is 0. The zero-order valence-corrected chi connectivity index (χ0v) is 7.56. The number of hydrogen-bond donors (Lipinski definition) is 2. The van der Waals surface area contributed by atoms with Crippen LogP contribution in [0.3, 0.4) is 0 Å². The zero-order chi connectivity index (χ0) is 9.19. The van der Waals surface area contributed by atoms with E-state index < -0.39 is 5.54 Å². The fourth-order valence-electron chi connectivity index (χ4n) is 0.783. The third-order valence-corrected chi connectivity index (χ3v) is 2.88. The van der Waals surface area contributed by atoms with Crippen molar-refractivity contribution >= 4 is 11.3 Å². The molecule has 1 aromatic heterocycles. The summed E-state index contributed by atoms with van der Waals surface area (Å²) in [6.07, 6.45) is 0. The third kappa shape index (κ3) is 1.64. The van der Waals surface area contributed by atoms with E-state index >= 15 is 0 Å². The Bertz CT molecular complexity index is 311. The van der Waals surface area contributed by atoms with E-state index in [9.17, 15) is 0 Å². The van der Waals surface area contributed by atoms with Crippen molar-refractivity contribution in [1.82, 2.24) is 0 Å². The maximum Gasteiger partial charge on any atom is 0.110 e. The summed E-state index contributed by atoms with van der Waals surface area (Å²) in [6, 6.07) is 5.51. The molecule has 0 aliphatic heterocycles. The van der Waals surface area contributed by atoms with Gasteiger partial charge in [0.15, 0.2) is 0 Å². The number of rotatable bonds is 2. The number of aliphatic hydroxyl groups is 1. The highest BCUT2D eigenvalue weighted by atomic mass is 32.1. The Balaban J connectivity index is 2.98. The molecule has 0 saturated heterocycles. The molecule has 1 aromatic rings. The lowest BCUT2D eigenvalue weighted by Crippen LogP contribution is -2.35. The number of nitrogens with two attached hydrogens (primary N) is 1. The summed E-state index contributed by atoms with van der Waals surface area (Å²) in [7, 11) is 0. The average molecular weight is 182 g/mol. The van der Waals surface area contributed by atoms with Gasteiger partial charge in [-0.3, -0.25) is 0 Å². The van der Waals surface area contributed by atoms with Crippen molar-refractivity contribution < 1.29 is 5.11 Å². The second-order valence-corrected chi connectivity index (χ2v) is 3.94. The maximum absolute atomic E-state index is 8.93. The van der Waals surface area contributed by atoms with Crippen molar-refractivity contribution in [3.8, 4) is 6.07 Å². The Hall–Kier alpha value is -0.890. The van der Waals surface area contributed by atoms with Gasteiger partial charge in [0, 0.05) is 4.88 Å². The molecular weight excluding hydrogens is 172 g/mol. The van der Waals surface area contributed by atoms with Gasteiger partial charge >= 0.3 is 0 Å². The standard InChI is InChI=1S/C8H10N2OS/c1-8(10,5-11)7-3-2-6(4-9)12-7/h2-3,11H,5,10H2,1H3. The smallest absolute Gasteiger partial charge is 0.110 e. The largest absolute Gasteiger partial charge is 0.394 e. The van der Waals surface area contributed by atoms with Gasteiger partial charge in [-0.05, 0) is 19.1 Å². The fraction of sp³-hybridized carbons (Fsp3) is 0.375. The van der Waals surface area contributed by atoms with Crippen molar-refractivity contribution in [2.24, 2.45) is 5.73 Å². The first kappa shape index (κ1) is 9.20. The van der Waals surface area contributed by atoms with Crippen LogP contribution in [-0.4, -0.2) is 11.7 Å². The van der Waals surface area contributed by atoms with Crippen molar-refractivity contribution in [3.05, 3.63) is 21.9 Å². The number of nitrogens with zero attached hydrogens (tertiary/aromatic N) is 1. The predicted molar refractivity (Wildman–Crippen MR) is 47.7 cm³/mol. The van der Waals surface area contributed by atoms with Gasteiger partial charge in [0.05, 0.1) is 12.1 Å². The van der Waals surface area contributed by atoms with Crippen molar-refractivity contribution in [3.63, 3.8) is 0 Å². The molecule has 0 aliphatic rings. The molecule has 12 heavy (non-hydrogen) atoms. The molecule has 0 aromatic carbocycles. The Kier molecular flexibility index (Phi) is 2.48. The van der Waals surface area contributed by atoms with Crippen molar-refractivity contribution in [1.29, 1.82) is 5.26 Å². The second-order valence-electron chi connectivity index (χ2n) is 2.85. The van der Waals surface area contributed by atoms with E-state index in [-0.39, 0.29) is 6.61 Å². The summed E-state index contributed by atoms with van der Waals surface area (Å²) in [6.45, 7) is 1.62. The molecule has 0 aliphatic carbocycles. The van der Waals surface area contributed by atoms with E-state index in [4.69, 9.17) is 16.1 Å². The molecule has 0 bridgehead atoms. The lowest BCUT2D eigenvalue weighted by molar-refractivity contribution is 0.212. The molecule has 1 heterocycles. The highest BCUT2D eigenvalue weighted by Gasteiger charge is 2.21. The van der Waals surface area contributed by atoms with Gasteiger partial charge in [-0.2, -0.15) is 5.26 Å². The first-order chi connectivity index (χ1) is 5.60. The van der Waals surface area contributed by atoms with Gasteiger partial charge in [-0.15, -0.1) is 11.3 Å². The van der Waals surface area contributed by atoms with Gasteiger partial charge in [0.25, 0.3) is 0 Å². The van der Waals surface area contributed by atoms with Gasteiger partial charge in [-0.1, -0.05) is 0 Å². The molecule has 1 atom stereocenters. The van der Waals surface area contributed by atoms with E-state index in [1.807, 2.05) is 6.07 Å². The van der Waals surface area contributed by atoms with Gasteiger partial charge in [-0.25, -0.2) is 0 Å². The molecule has 0 saturated carbocycles. The van der Waals surface area contributed by atoms with Crippen LogP contribution < -0.4 is 5.73 Å². The van der Waals surface area contributed by atoms with Crippen LogP contribution in [0, 0.1) is 11.3 Å². The Morgan fingerprint density at radius 2 is 2.42 bits per heavy atom. The van der Waals surface area contributed by atoms with Crippen LogP contribution in [0.25, 0.3) is 0 Å². The van der Waals surface area contributed by atoms with Crippen LogP contribution in [0.5, 0.6) is 0 Å². The Labute approximate surface area is 75.1 Å². The molecular formula is C8H10N2OS. The molecule has 64 valence electrons.